The number of carbonyl (C=O) groups excluding carboxylic acids is 1. The van der Waals surface area contributed by atoms with Crippen LogP contribution in [0.4, 0.5) is 10.5 Å². The molecule has 1 aliphatic rings. The van der Waals surface area contributed by atoms with E-state index in [0.29, 0.717) is 50.5 Å². The summed E-state index contributed by atoms with van der Waals surface area (Å²) in [4.78, 5) is 21.2. The van der Waals surface area contributed by atoms with E-state index >= 15 is 0 Å². The molecule has 0 bridgehead atoms. The number of benzene rings is 1. The normalized spacial score (nSPS) is 18.8. The molecule has 10 heteroatoms. The summed E-state index contributed by atoms with van der Waals surface area (Å²) < 4.78 is 17.2. The van der Waals surface area contributed by atoms with Crippen molar-refractivity contribution in [2.75, 3.05) is 32.2 Å². The van der Waals surface area contributed by atoms with Crippen molar-refractivity contribution in [3.8, 4) is 17.7 Å². The van der Waals surface area contributed by atoms with Crippen molar-refractivity contribution in [1.29, 1.82) is 5.26 Å². The van der Waals surface area contributed by atoms with E-state index in [1.165, 1.54) is 14.2 Å². The molecule has 1 saturated heterocycles. The van der Waals surface area contributed by atoms with Gasteiger partial charge in [0, 0.05) is 30.6 Å². The monoisotopic (exact) mass is 538 g/mol. The second kappa shape index (κ2) is 9.43. The van der Waals surface area contributed by atoms with Crippen molar-refractivity contribution >= 4 is 50.2 Å². The first-order valence-electron chi connectivity index (χ1n) is 10.5. The van der Waals surface area contributed by atoms with Gasteiger partial charge in [-0.1, -0.05) is 11.6 Å². The molecule has 1 aromatic heterocycles. The minimum absolute atomic E-state index is 0.121. The Morgan fingerprint density at radius 3 is 2.45 bits per heavy atom. The average molecular weight is 540 g/mol. The zero-order chi connectivity index (χ0) is 24.7. The number of halogens is 2. The van der Waals surface area contributed by atoms with Crippen LogP contribution in [0.1, 0.15) is 40.2 Å². The van der Waals surface area contributed by atoms with E-state index < -0.39 is 5.60 Å². The molecule has 0 N–H and O–H groups in total. The van der Waals surface area contributed by atoms with Gasteiger partial charge in [-0.05, 0) is 56.6 Å². The molecule has 0 spiro atoms. The highest BCUT2D eigenvalue weighted by atomic mass is 79.9. The van der Waals surface area contributed by atoms with Gasteiger partial charge < -0.3 is 24.0 Å². The van der Waals surface area contributed by atoms with Crippen molar-refractivity contribution < 1.29 is 19.0 Å². The Balaban J connectivity index is 2.16. The van der Waals surface area contributed by atoms with Crippen LogP contribution in [0.2, 0.25) is 5.02 Å². The number of pyridine rings is 1. The largest absolute Gasteiger partial charge is 0.493 e. The SMILES string of the molecule is COc1nc2c(OC)c(Br)c(Cl)cc2c(N2C[C@@H](C)N(C(=O)OC(C)(C)C)C[C@@H]2C)c1C#N. The molecule has 3 rings (SSSR count). The van der Waals surface area contributed by atoms with Crippen LogP contribution in [-0.2, 0) is 4.74 Å². The maximum atomic E-state index is 12.8. The maximum Gasteiger partial charge on any atom is 0.410 e. The fourth-order valence-electron chi connectivity index (χ4n) is 4.02. The van der Waals surface area contributed by atoms with E-state index in [-0.39, 0.29) is 24.1 Å². The van der Waals surface area contributed by atoms with Crippen molar-refractivity contribution in [2.24, 2.45) is 0 Å². The molecule has 2 atom stereocenters. The molecule has 0 radical (unpaired) electrons. The summed E-state index contributed by atoms with van der Waals surface area (Å²) in [6.45, 7) is 10.4. The van der Waals surface area contributed by atoms with Gasteiger partial charge in [-0.15, -0.1) is 0 Å². The first kappa shape index (κ1) is 25.2. The van der Waals surface area contributed by atoms with Gasteiger partial charge in [-0.2, -0.15) is 5.26 Å². The number of nitriles is 1. The van der Waals surface area contributed by atoms with E-state index in [0.717, 1.165) is 0 Å². The van der Waals surface area contributed by atoms with Gasteiger partial charge in [0.15, 0.2) is 5.75 Å². The van der Waals surface area contributed by atoms with Gasteiger partial charge in [0.2, 0.25) is 5.88 Å². The topological polar surface area (TPSA) is 87.9 Å². The molecule has 0 saturated carbocycles. The van der Waals surface area contributed by atoms with Crippen LogP contribution in [0.25, 0.3) is 10.9 Å². The molecule has 2 aromatic rings. The molecule has 0 unspecified atom stereocenters. The quantitative estimate of drug-likeness (QED) is 0.518. The van der Waals surface area contributed by atoms with Gasteiger partial charge in [0.05, 0.1) is 29.4 Å². The van der Waals surface area contributed by atoms with Gasteiger partial charge in [0.25, 0.3) is 0 Å². The van der Waals surface area contributed by atoms with Crippen LogP contribution in [-0.4, -0.2) is 61.0 Å². The number of hydrogen-bond donors (Lipinski definition) is 0. The summed E-state index contributed by atoms with van der Waals surface area (Å²) in [5.74, 6) is 0.650. The lowest BCUT2D eigenvalue weighted by atomic mass is 10.0. The number of ether oxygens (including phenoxy) is 3. The Morgan fingerprint density at radius 2 is 1.91 bits per heavy atom. The molecule has 1 amide bonds. The number of carbonyl (C=O) groups is 1. The average Bonchev–Trinajstić information content (AvgIpc) is 2.73. The molecule has 2 heterocycles. The van der Waals surface area contributed by atoms with Crippen LogP contribution >= 0.6 is 27.5 Å². The summed E-state index contributed by atoms with van der Waals surface area (Å²) in [7, 11) is 3.01. The van der Waals surface area contributed by atoms with Gasteiger partial charge in [-0.25, -0.2) is 9.78 Å². The third kappa shape index (κ3) is 4.78. The summed E-state index contributed by atoms with van der Waals surface area (Å²) in [5.41, 5.74) is 0.889. The standard InChI is InChI=1S/C23H28BrClN4O4/c1-12-11-29(22(30)33-23(3,4)5)13(2)10-28(12)19-14-8-16(25)17(24)20(31-6)18(14)27-21(32-7)15(19)9-26/h8,12-13H,10-11H2,1-7H3/t12-,13+/m0/s1. The lowest BCUT2D eigenvalue weighted by Gasteiger charge is -2.45. The molecular weight excluding hydrogens is 512 g/mol. The molecule has 178 valence electrons. The van der Waals surface area contributed by atoms with Gasteiger partial charge in [-0.3, -0.25) is 0 Å². The number of piperazine rings is 1. The summed E-state index contributed by atoms with van der Waals surface area (Å²) in [6.07, 6.45) is -0.354. The number of amides is 1. The Morgan fingerprint density at radius 1 is 1.24 bits per heavy atom. The minimum Gasteiger partial charge on any atom is -0.493 e. The molecular formula is C23H28BrClN4O4. The zero-order valence-electron chi connectivity index (χ0n) is 19.8. The highest BCUT2D eigenvalue weighted by Gasteiger charge is 2.37. The lowest BCUT2D eigenvalue weighted by molar-refractivity contribution is 0.0130. The Hall–Kier alpha value is -2.44. The van der Waals surface area contributed by atoms with Crippen LogP contribution < -0.4 is 14.4 Å². The zero-order valence-corrected chi connectivity index (χ0v) is 22.2. The summed E-state index contributed by atoms with van der Waals surface area (Å²) >= 11 is 9.94. The molecule has 0 aliphatic carbocycles. The molecule has 1 aliphatic heterocycles. The second-order valence-electron chi connectivity index (χ2n) is 9.04. The number of hydrogen-bond acceptors (Lipinski definition) is 7. The van der Waals surface area contributed by atoms with E-state index in [1.54, 1.807) is 11.0 Å². The number of anilines is 1. The Labute approximate surface area is 207 Å². The van der Waals surface area contributed by atoms with Crippen molar-refractivity contribution in [2.45, 2.75) is 52.3 Å². The smallest absolute Gasteiger partial charge is 0.410 e. The minimum atomic E-state index is -0.583. The number of rotatable bonds is 3. The Kier molecular flexibility index (Phi) is 7.20. The fourth-order valence-corrected chi connectivity index (χ4v) is 4.68. The van der Waals surface area contributed by atoms with Crippen LogP contribution in [0.5, 0.6) is 11.6 Å². The predicted molar refractivity (Wildman–Crippen MR) is 131 cm³/mol. The van der Waals surface area contributed by atoms with Crippen molar-refractivity contribution in [1.82, 2.24) is 9.88 Å². The third-order valence-corrected chi connectivity index (χ3v) is 6.79. The van der Waals surface area contributed by atoms with Gasteiger partial charge in [0.1, 0.15) is 22.8 Å². The van der Waals surface area contributed by atoms with Crippen LogP contribution in [0.15, 0.2) is 10.5 Å². The van der Waals surface area contributed by atoms with E-state index in [1.807, 2.05) is 34.6 Å². The lowest BCUT2D eigenvalue weighted by Crippen LogP contribution is -2.59. The highest BCUT2D eigenvalue weighted by molar-refractivity contribution is 9.10. The summed E-state index contributed by atoms with van der Waals surface area (Å²) in [5, 5.41) is 11.1. The molecule has 1 fully saturated rings. The van der Waals surface area contributed by atoms with Crippen molar-refractivity contribution in [3.63, 3.8) is 0 Å². The summed E-state index contributed by atoms with van der Waals surface area (Å²) in [6, 6.07) is 3.73. The Bertz CT molecular complexity index is 1130. The van der Waals surface area contributed by atoms with Crippen LogP contribution in [0.3, 0.4) is 0 Å². The number of fused-ring (bicyclic) bond motifs is 1. The molecule has 8 nitrogen and oxygen atoms in total. The van der Waals surface area contributed by atoms with Gasteiger partial charge >= 0.3 is 6.09 Å². The molecule has 1 aromatic carbocycles. The van der Waals surface area contributed by atoms with Crippen molar-refractivity contribution in [3.05, 3.63) is 21.1 Å². The van der Waals surface area contributed by atoms with E-state index in [2.05, 4.69) is 31.9 Å². The second-order valence-corrected chi connectivity index (χ2v) is 10.2. The first-order chi connectivity index (χ1) is 15.4. The van der Waals surface area contributed by atoms with E-state index in [9.17, 15) is 10.1 Å². The predicted octanol–water partition coefficient (Wildman–Crippen LogP) is 5.37. The number of nitrogens with zero attached hydrogens (tertiary/aromatic N) is 4. The highest BCUT2D eigenvalue weighted by Crippen LogP contribution is 2.45. The fraction of sp³-hybridized carbons (Fsp3) is 0.522. The number of aromatic nitrogens is 1. The molecule has 33 heavy (non-hydrogen) atoms. The van der Waals surface area contributed by atoms with E-state index in [4.69, 9.17) is 25.8 Å². The number of methoxy groups -OCH3 is 2. The van der Waals surface area contributed by atoms with Crippen LogP contribution in [0, 0.1) is 11.3 Å². The third-order valence-electron chi connectivity index (χ3n) is 5.48. The maximum absolute atomic E-state index is 12.8. The first-order valence-corrected chi connectivity index (χ1v) is 11.7.